The van der Waals surface area contributed by atoms with E-state index in [9.17, 15) is 4.79 Å². The molecule has 0 radical (unpaired) electrons. The first kappa shape index (κ1) is 13.4. The summed E-state index contributed by atoms with van der Waals surface area (Å²) in [5.41, 5.74) is 2.03. The lowest BCUT2D eigenvalue weighted by Crippen LogP contribution is -2.16. The van der Waals surface area contributed by atoms with Crippen LogP contribution in [0, 0.1) is 0 Å². The van der Waals surface area contributed by atoms with Gasteiger partial charge < -0.3 is 10.0 Å². The van der Waals surface area contributed by atoms with E-state index in [4.69, 9.17) is 16.7 Å². The third kappa shape index (κ3) is 3.06. The van der Waals surface area contributed by atoms with Crippen LogP contribution in [0.3, 0.4) is 0 Å². The number of carboxylic acids is 1. The highest BCUT2D eigenvalue weighted by Crippen LogP contribution is 2.27. The monoisotopic (exact) mass is 279 g/mol. The number of aryl methyl sites for hydroxylation is 1. The molecule has 1 heterocycles. The quantitative estimate of drug-likeness (QED) is 0.934. The van der Waals surface area contributed by atoms with Crippen LogP contribution in [0.2, 0.25) is 5.02 Å². The van der Waals surface area contributed by atoms with Crippen LogP contribution in [0.5, 0.6) is 0 Å². The van der Waals surface area contributed by atoms with E-state index in [1.54, 1.807) is 23.0 Å². The van der Waals surface area contributed by atoms with E-state index in [0.29, 0.717) is 11.6 Å². The molecule has 0 amide bonds. The lowest BCUT2D eigenvalue weighted by Gasteiger charge is -2.20. The number of carboxylic acid groups (broad SMARTS) is 1. The molecule has 0 saturated heterocycles. The molecule has 0 aliphatic carbocycles. The van der Waals surface area contributed by atoms with Crippen LogP contribution in [0.15, 0.2) is 30.6 Å². The van der Waals surface area contributed by atoms with Crippen LogP contribution < -0.4 is 4.90 Å². The Kier molecular flexibility index (Phi) is 3.76. The third-order valence-electron chi connectivity index (χ3n) is 2.78. The predicted molar refractivity (Wildman–Crippen MR) is 73.7 cm³/mol. The summed E-state index contributed by atoms with van der Waals surface area (Å²) in [6.07, 6.45) is 3.71. The molecular weight excluding hydrogens is 266 g/mol. The van der Waals surface area contributed by atoms with E-state index in [2.05, 4.69) is 5.10 Å². The van der Waals surface area contributed by atoms with Gasteiger partial charge in [0.2, 0.25) is 0 Å². The molecule has 19 heavy (non-hydrogen) atoms. The van der Waals surface area contributed by atoms with Crippen LogP contribution in [0.1, 0.15) is 15.9 Å². The standard InChI is InChI=1S/C13H14ClN3O2/c1-16(7-9-6-15-17(2)8-9)12-4-3-10(13(18)19)5-11(12)14/h3-6,8H,7H2,1-2H3,(H,18,19). The van der Waals surface area contributed by atoms with Crippen molar-refractivity contribution in [1.82, 2.24) is 9.78 Å². The van der Waals surface area contributed by atoms with E-state index < -0.39 is 5.97 Å². The minimum absolute atomic E-state index is 0.184. The zero-order chi connectivity index (χ0) is 14.0. The van der Waals surface area contributed by atoms with E-state index in [0.717, 1.165) is 11.3 Å². The third-order valence-corrected chi connectivity index (χ3v) is 3.09. The highest BCUT2D eigenvalue weighted by molar-refractivity contribution is 6.33. The highest BCUT2D eigenvalue weighted by atomic mass is 35.5. The first-order valence-electron chi connectivity index (χ1n) is 5.69. The molecule has 0 fully saturated rings. The number of benzene rings is 1. The minimum atomic E-state index is -0.983. The van der Waals surface area contributed by atoms with Crippen molar-refractivity contribution in [2.24, 2.45) is 7.05 Å². The van der Waals surface area contributed by atoms with Gasteiger partial charge in [-0.3, -0.25) is 4.68 Å². The number of hydrogen-bond donors (Lipinski definition) is 1. The number of hydrogen-bond acceptors (Lipinski definition) is 3. The number of halogens is 1. The lowest BCUT2D eigenvalue weighted by molar-refractivity contribution is 0.0697. The normalized spacial score (nSPS) is 10.5. The number of rotatable bonds is 4. The van der Waals surface area contributed by atoms with Gasteiger partial charge >= 0.3 is 5.97 Å². The number of aromatic nitrogens is 2. The predicted octanol–water partition coefficient (Wildman–Crippen LogP) is 2.41. The molecule has 0 atom stereocenters. The average Bonchev–Trinajstić information content (AvgIpc) is 2.74. The Balaban J connectivity index is 2.19. The maximum atomic E-state index is 10.8. The molecule has 0 aliphatic rings. The molecule has 1 N–H and O–H groups in total. The van der Waals surface area contributed by atoms with Crippen molar-refractivity contribution in [3.05, 3.63) is 46.7 Å². The minimum Gasteiger partial charge on any atom is -0.478 e. The van der Waals surface area contributed by atoms with Crippen LogP contribution in [-0.4, -0.2) is 27.9 Å². The van der Waals surface area contributed by atoms with Gasteiger partial charge in [-0.1, -0.05) is 11.6 Å². The fraction of sp³-hybridized carbons (Fsp3) is 0.231. The summed E-state index contributed by atoms with van der Waals surface area (Å²) >= 11 is 6.11. The maximum Gasteiger partial charge on any atom is 0.335 e. The maximum absolute atomic E-state index is 10.8. The fourth-order valence-electron chi connectivity index (χ4n) is 1.86. The molecule has 0 aliphatic heterocycles. The Morgan fingerprint density at radius 1 is 1.53 bits per heavy atom. The van der Waals surface area contributed by atoms with Crippen molar-refractivity contribution in [2.75, 3.05) is 11.9 Å². The van der Waals surface area contributed by atoms with Gasteiger partial charge in [-0.15, -0.1) is 0 Å². The Morgan fingerprint density at radius 3 is 2.79 bits per heavy atom. The Morgan fingerprint density at radius 2 is 2.26 bits per heavy atom. The molecule has 0 bridgehead atoms. The zero-order valence-electron chi connectivity index (χ0n) is 10.7. The van der Waals surface area contributed by atoms with E-state index in [1.165, 1.54) is 6.07 Å². The van der Waals surface area contributed by atoms with Crippen LogP contribution >= 0.6 is 11.6 Å². The topological polar surface area (TPSA) is 58.4 Å². The Bertz CT molecular complexity index is 610. The van der Waals surface area contributed by atoms with Gasteiger partial charge in [0.25, 0.3) is 0 Å². The van der Waals surface area contributed by atoms with Crippen LogP contribution in [-0.2, 0) is 13.6 Å². The largest absolute Gasteiger partial charge is 0.478 e. The van der Waals surface area contributed by atoms with Crippen molar-refractivity contribution < 1.29 is 9.90 Å². The second kappa shape index (κ2) is 5.32. The molecule has 1 aromatic carbocycles. The summed E-state index contributed by atoms with van der Waals surface area (Å²) in [4.78, 5) is 12.8. The Labute approximate surface area is 116 Å². The number of anilines is 1. The summed E-state index contributed by atoms with van der Waals surface area (Å²) in [7, 11) is 3.76. The number of carbonyl (C=O) groups is 1. The molecular formula is C13H14ClN3O2. The highest BCUT2D eigenvalue weighted by Gasteiger charge is 2.11. The zero-order valence-corrected chi connectivity index (χ0v) is 11.4. The van der Waals surface area contributed by atoms with Gasteiger partial charge in [0.1, 0.15) is 0 Å². The van der Waals surface area contributed by atoms with Crippen LogP contribution in [0.25, 0.3) is 0 Å². The summed E-state index contributed by atoms with van der Waals surface area (Å²) in [6.45, 7) is 0.653. The molecule has 2 rings (SSSR count). The lowest BCUT2D eigenvalue weighted by atomic mass is 10.2. The molecule has 6 heteroatoms. The second-order valence-corrected chi connectivity index (χ2v) is 4.76. The SMILES string of the molecule is CN(Cc1cnn(C)c1)c1ccc(C(=O)O)cc1Cl. The Hall–Kier alpha value is -2.01. The van der Waals surface area contributed by atoms with Gasteiger partial charge in [-0.05, 0) is 18.2 Å². The van der Waals surface area contributed by atoms with Gasteiger partial charge in [0, 0.05) is 32.4 Å². The summed E-state index contributed by atoms with van der Waals surface area (Å²) < 4.78 is 1.73. The van der Waals surface area contributed by atoms with E-state index >= 15 is 0 Å². The molecule has 0 unspecified atom stereocenters. The summed E-state index contributed by atoms with van der Waals surface area (Å²) in [5.74, 6) is -0.983. The van der Waals surface area contributed by atoms with Gasteiger partial charge in [0.15, 0.2) is 0 Å². The first-order chi connectivity index (χ1) is 8.97. The van der Waals surface area contributed by atoms with E-state index in [1.807, 2.05) is 25.2 Å². The average molecular weight is 280 g/mol. The molecule has 1 aromatic heterocycles. The van der Waals surface area contributed by atoms with Crippen molar-refractivity contribution >= 4 is 23.3 Å². The van der Waals surface area contributed by atoms with Crippen molar-refractivity contribution in [1.29, 1.82) is 0 Å². The van der Waals surface area contributed by atoms with Crippen molar-refractivity contribution in [2.45, 2.75) is 6.54 Å². The summed E-state index contributed by atoms with van der Waals surface area (Å²) in [6, 6.07) is 4.71. The molecule has 0 saturated carbocycles. The number of nitrogens with zero attached hydrogens (tertiary/aromatic N) is 3. The molecule has 0 spiro atoms. The van der Waals surface area contributed by atoms with Crippen LogP contribution in [0.4, 0.5) is 5.69 Å². The number of aromatic carboxylic acids is 1. The first-order valence-corrected chi connectivity index (χ1v) is 6.06. The second-order valence-electron chi connectivity index (χ2n) is 4.35. The smallest absolute Gasteiger partial charge is 0.335 e. The van der Waals surface area contributed by atoms with E-state index in [-0.39, 0.29) is 5.56 Å². The molecule has 100 valence electrons. The van der Waals surface area contributed by atoms with Gasteiger partial charge in [-0.25, -0.2) is 4.79 Å². The van der Waals surface area contributed by atoms with Gasteiger partial charge in [0.05, 0.1) is 22.5 Å². The summed E-state index contributed by atoms with van der Waals surface area (Å²) in [5, 5.41) is 13.4. The molecule has 2 aromatic rings. The van der Waals surface area contributed by atoms with Crippen molar-refractivity contribution in [3.8, 4) is 0 Å². The van der Waals surface area contributed by atoms with Gasteiger partial charge in [-0.2, -0.15) is 5.10 Å². The molecule has 5 nitrogen and oxygen atoms in total. The fourth-order valence-corrected chi connectivity index (χ4v) is 2.19. The van der Waals surface area contributed by atoms with Crippen molar-refractivity contribution in [3.63, 3.8) is 0 Å².